The number of piperazine rings is 1. The number of carbonyl (C=O) groups is 1. The lowest BCUT2D eigenvalue weighted by atomic mass is 10.1. The molecule has 1 aromatic heterocycles. The third-order valence-corrected chi connectivity index (χ3v) is 6.56. The molecule has 2 fully saturated rings. The molecule has 2 heterocycles. The average Bonchev–Trinajstić information content (AvgIpc) is 3.50. The van der Waals surface area contributed by atoms with Gasteiger partial charge in [0.2, 0.25) is 5.91 Å². The molecule has 1 amide bonds. The number of halogens is 4. The molecular weight excluding hydrogens is 429 g/mol. The Bertz CT molecular complexity index is 962. The SMILES string of the molecule is Cc1ccccc1CN1CCN(C(=O)C(C)n2nc(C(F)(F)F)c(Cl)c2C2CC2)CC1. The number of benzene rings is 1. The minimum absolute atomic E-state index is 0.0580. The molecule has 5 nitrogen and oxygen atoms in total. The molecule has 1 aliphatic heterocycles. The van der Waals surface area contributed by atoms with Crippen LogP contribution in [0.5, 0.6) is 0 Å². The second-order valence-electron chi connectivity index (χ2n) is 8.47. The predicted molar refractivity (Wildman–Crippen MR) is 112 cm³/mol. The molecule has 1 saturated heterocycles. The van der Waals surface area contributed by atoms with Gasteiger partial charge < -0.3 is 4.90 Å². The van der Waals surface area contributed by atoms with E-state index >= 15 is 0 Å². The van der Waals surface area contributed by atoms with Crippen LogP contribution in [0, 0.1) is 6.92 Å². The molecule has 2 aliphatic rings. The Morgan fingerprint density at radius 2 is 1.84 bits per heavy atom. The van der Waals surface area contributed by atoms with E-state index in [1.54, 1.807) is 11.8 Å². The van der Waals surface area contributed by atoms with Crippen LogP contribution in [0.3, 0.4) is 0 Å². The summed E-state index contributed by atoms with van der Waals surface area (Å²) in [6.45, 7) is 7.02. The monoisotopic (exact) mass is 454 g/mol. The maximum Gasteiger partial charge on any atom is 0.436 e. The molecule has 1 aromatic carbocycles. The van der Waals surface area contributed by atoms with Gasteiger partial charge in [-0.3, -0.25) is 14.4 Å². The summed E-state index contributed by atoms with van der Waals surface area (Å²) in [7, 11) is 0. The van der Waals surface area contributed by atoms with Crippen LogP contribution in [0.15, 0.2) is 24.3 Å². The normalized spacial score (nSPS) is 19.0. The van der Waals surface area contributed by atoms with Gasteiger partial charge in [0.25, 0.3) is 0 Å². The van der Waals surface area contributed by atoms with Crippen LogP contribution in [-0.2, 0) is 17.5 Å². The molecule has 1 atom stereocenters. The van der Waals surface area contributed by atoms with Crippen molar-refractivity contribution >= 4 is 17.5 Å². The largest absolute Gasteiger partial charge is 0.436 e. The summed E-state index contributed by atoms with van der Waals surface area (Å²) in [5.74, 6) is -0.275. The first-order chi connectivity index (χ1) is 14.7. The number of amides is 1. The zero-order valence-electron chi connectivity index (χ0n) is 17.6. The highest BCUT2D eigenvalue weighted by molar-refractivity contribution is 6.32. The molecular formula is C22H26ClF3N4O. The zero-order chi connectivity index (χ0) is 22.3. The van der Waals surface area contributed by atoms with E-state index in [-0.39, 0.29) is 16.8 Å². The Morgan fingerprint density at radius 1 is 1.19 bits per heavy atom. The smallest absolute Gasteiger partial charge is 0.338 e. The van der Waals surface area contributed by atoms with Crippen molar-refractivity contribution in [3.8, 4) is 0 Å². The zero-order valence-corrected chi connectivity index (χ0v) is 18.4. The molecule has 31 heavy (non-hydrogen) atoms. The molecule has 4 rings (SSSR count). The van der Waals surface area contributed by atoms with E-state index in [1.165, 1.54) is 15.8 Å². The van der Waals surface area contributed by atoms with Gasteiger partial charge in [-0.05, 0) is 37.8 Å². The van der Waals surface area contributed by atoms with Crippen LogP contribution in [-0.4, -0.2) is 51.7 Å². The first kappa shape index (κ1) is 22.1. The molecule has 2 aromatic rings. The highest BCUT2D eigenvalue weighted by Gasteiger charge is 2.43. The predicted octanol–water partition coefficient (Wildman–Crippen LogP) is 4.65. The molecule has 0 radical (unpaired) electrons. The van der Waals surface area contributed by atoms with Crippen LogP contribution < -0.4 is 0 Å². The lowest BCUT2D eigenvalue weighted by Gasteiger charge is -2.36. The number of aromatic nitrogens is 2. The van der Waals surface area contributed by atoms with Crippen LogP contribution >= 0.6 is 11.6 Å². The maximum absolute atomic E-state index is 13.3. The first-order valence-corrected chi connectivity index (χ1v) is 11.0. The van der Waals surface area contributed by atoms with Gasteiger partial charge in [0, 0.05) is 38.6 Å². The van der Waals surface area contributed by atoms with Crippen molar-refractivity contribution in [2.45, 2.75) is 51.4 Å². The maximum atomic E-state index is 13.3. The quantitative estimate of drug-likeness (QED) is 0.660. The molecule has 0 N–H and O–H groups in total. The van der Waals surface area contributed by atoms with E-state index in [0.29, 0.717) is 18.8 Å². The lowest BCUT2D eigenvalue weighted by molar-refractivity contribution is -0.142. The van der Waals surface area contributed by atoms with Crippen LogP contribution in [0.25, 0.3) is 0 Å². The van der Waals surface area contributed by atoms with Crippen LogP contribution in [0.2, 0.25) is 5.02 Å². The molecule has 1 unspecified atom stereocenters. The number of hydrogen-bond acceptors (Lipinski definition) is 3. The second-order valence-corrected chi connectivity index (χ2v) is 8.85. The van der Waals surface area contributed by atoms with Crippen LogP contribution in [0.4, 0.5) is 13.2 Å². The Hall–Kier alpha value is -2.06. The molecule has 1 saturated carbocycles. The van der Waals surface area contributed by atoms with Gasteiger partial charge in [0.15, 0.2) is 5.69 Å². The third-order valence-electron chi connectivity index (χ3n) is 6.18. The van der Waals surface area contributed by atoms with Gasteiger partial charge in [0.1, 0.15) is 6.04 Å². The summed E-state index contributed by atoms with van der Waals surface area (Å²) in [6.07, 6.45) is -3.11. The van der Waals surface area contributed by atoms with Crippen molar-refractivity contribution in [3.05, 3.63) is 51.8 Å². The van der Waals surface area contributed by atoms with Gasteiger partial charge in [-0.2, -0.15) is 18.3 Å². The number of hydrogen-bond donors (Lipinski definition) is 0. The topological polar surface area (TPSA) is 41.4 Å². The Kier molecular flexibility index (Phi) is 6.05. The van der Waals surface area contributed by atoms with Gasteiger partial charge >= 0.3 is 6.18 Å². The highest BCUT2D eigenvalue weighted by Crippen LogP contribution is 2.47. The lowest BCUT2D eigenvalue weighted by Crippen LogP contribution is -2.50. The first-order valence-electron chi connectivity index (χ1n) is 10.6. The van der Waals surface area contributed by atoms with E-state index in [2.05, 4.69) is 29.1 Å². The highest BCUT2D eigenvalue weighted by atomic mass is 35.5. The fourth-order valence-corrected chi connectivity index (χ4v) is 4.54. The third kappa shape index (κ3) is 4.60. The summed E-state index contributed by atoms with van der Waals surface area (Å²) < 4.78 is 41.2. The summed E-state index contributed by atoms with van der Waals surface area (Å²) in [5, 5.41) is 3.38. The Morgan fingerprint density at radius 3 is 2.42 bits per heavy atom. The fraction of sp³-hybridized carbons (Fsp3) is 0.545. The molecule has 0 bridgehead atoms. The number of aryl methyl sites for hydroxylation is 1. The average molecular weight is 455 g/mol. The summed E-state index contributed by atoms with van der Waals surface area (Å²) >= 11 is 6.06. The number of carbonyl (C=O) groups excluding carboxylic acids is 1. The summed E-state index contributed by atoms with van der Waals surface area (Å²) in [6, 6.07) is 7.39. The summed E-state index contributed by atoms with van der Waals surface area (Å²) in [4.78, 5) is 17.1. The molecule has 0 spiro atoms. The second kappa shape index (κ2) is 8.47. The minimum Gasteiger partial charge on any atom is -0.338 e. The Balaban J connectivity index is 1.44. The van der Waals surface area contributed by atoms with Crippen molar-refractivity contribution in [1.29, 1.82) is 0 Å². The molecule has 9 heteroatoms. The van der Waals surface area contributed by atoms with E-state index in [4.69, 9.17) is 11.6 Å². The fourth-order valence-electron chi connectivity index (χ4n) is 4.15. The van der Waals surface area contributed by atoms with Gasteiger partial charge in [-0.25, -0.2) is 0 Å². The van der Waals surface area contributed by atoms with E-state index in [0.717, 1.165) is 32.5 Å². The standard InChI is InChI=1S/C22H26ClF3N4O/c1-14-5-3-4-6-17(14)13-28-9-11-29(12-10-28)21(31)15(2)30-19(16-7-8-16)18(23)20(27-30)22(24,25)26/h3-6,15-16H,7-13H2,1-2H3. The van der Waals surface area contributed by atoms with Gasteiger partial charge in [0.05, 0.1) is 10.7 Å². The van der Waals surface area contributed by atoms with Gasteiger partial charge in [-0.1, -0.05) is 35.9 Å². The van der Waals surface area contributed by atoms with Crippen molar-refractivity contribution in [2.24, 2.45) is 0 Å². The van der Waals surface area contributed by atoms with E-state index < -0.39 is 17.9 Å². The minimum atomic E-state index is -4.64. The van der Waals surface area contributed by atoms with Crippen LogP contribution in [0.1, 0.15) is 54.2 Å². The Labute approximate surface area is 184 Å². The molecule has 168 valence electrons. The summed E-state index contributed by atoms with van der Waals surface area (Å²) in [5.41, 5.74) is 1.74. The number of nitrogens with zero attached hydrogens (tertiary/aromatic N) is 4. The van der Waals surface area contributed by atoms with Crippen molar-refractivity contribution in [2.75, 3.05) is 26.2 Å². The van der Waals surface area contributed by atoms with E-state index in [1.807, 2.05) is 12.1 Å². The van der Waals surface area contributed by atoms with E-state index in [9.17, 15) is 18.0 Å². The molecule has 1 aliphatic carbocycles. The van der Waals surface area contributed by atoms with Crippen molar-refractivity contribution in [1.82, 2.24) is 19.6 Å². The van der Waals surface area contributed by atoms with Gasteiger partial charge in [-0.15, -0.1) is 0 Å². The number of rotatable bonds is 5. The van der Waals surface area contributed by atoms with Crippen molar-refractivity contribution in [3.63, 3.8) is 0 Å². The van der Waals surface area contributed by atoms with Crippen molar-refractivity contribution < 1.29 is 18.0 Å². The number of alkyl halides is 3.